The fourth-order valence-electron chi connectivity index (χ4n) is 2.54. The second-order valence-electron chi connectivity index (χ2n) is 5.80. The van der Waals surface area contributed by atoms with Crippen molar-refractivity contribution in [1.82, 2.24) is 15.2 Å². The van der Waals surface area contributed by atoms with Crippen LogP contribution in [-0.4, -0.2) is 21.1 Å². The first kappa shape index (κ1) is 21.2. The lowest BCUT2D eigenvalue weighted by Gasteiger charge is -2.11. The van der Waals surface area contributed by atoms with Gasteiger partial charge in [0.15, 0.2) is 5.69 Å². The van der Waals surface area contributed by atoms with Gasteiger partial charge in [0, 0.05) is 17.3 Å². The molecule has 5 nitrogen and oxygen atoms in total. The molecule has 2 N–H and O–H groups in total. The fraction of sp³-hybridized carbons (Fsp3) is 0.118. The minimum Gasteiger partial charge on any atom is -0.306 e. The van der Waals surface area contributed by atoms with E-state index in [1.54, 1.807) is 0 Å². The van der Waals surface area contributed by atoms with Crippen LogP contribution in [0, 0.1) is 11.6 Å². The van der Waals surface area contributed by atoms with E-state index in [9.17, 15) is 39.9 Å². The van der Waals surface area contributed by atoms with Crippen molar-refractivity contribution in [3.8, 4) is 11.1 Å². The number of nitrogens with zero attached hydrogens (tertiary/aromatic N) is 2. The Morgan fingerprint density at radius 2 is 1.57 bits per heavy atom. The fourth-order valence-corrected chi connectivity index (χ4v) is 2.54. The van der Waals surface area contributed by atoms with Crippen LogP contribution in [0.5, 0.6) is 0 Å². The van der Waals surface area contributed by atoms with E-state index in [2.05, 4.69) is 10.1 Å². The van der Waals surface area contributed by atoms with Gasteiger partial charge in [-0.1, -0.05) is 6.07 Å². The number of halogens is 8. The van der Waals surface area contributed by atoms with Gasteiger partial charge in [-0.15, -0.1) is 0 Å². The summed E-state index contributed by atoms with van der Waals surface area (Å²) >= 11 is 0. The maximum Gasteiger partial charge on any atom is 0.435 e. The van der Waals surface area contributed by atoms with Crippen LogP contribution in [0.2, 0.25) is 0 Å². The Labute approximate surface area is 161 Å². The molecule has 1 amide bonds. The second-order valence-corrected chi connectivity index (χ2v) is 5.80. The Morgan fingerprint density at radius 1 is 0.933 bits per heavy atom. The number of carbonyl (C=O) groups is 1. The summed E-state index contributed by atoms with van der Waals surface area (Å²) in [5.41, 5.74) is -6.35. The number of aromatic nitrogens is 3. The van der Waals surface area contributed by atoms with E-state index < -0.39 is 58.0 Å². The number of alkyl halides is 6. The van der Waals surface area contributed by atoms with Gasteiger partial charge in [-0.25, -0.2) is 13.8 Å². The van der Waals surface area contributed by atoms with Crippen molar-refractivity contribution in [1.29, 1.82) is 0 Å². The Morgan fingerprint density at radius 3 is 2.07 bits per heavy atom. The topological polar surface area (TPSA) is 70.7 Å². The average Bonchev–Trinajstić information content (AvgIpc) is 3.08. The maximum atomic E-state index is 13.6. The van der Waals surface area contributed by atoms with Gasteiger partial charge in [-0.3, -0.25) is 9.89 Å². The van der Waals surface area contributed by atoms with Gasteiger partial charge >= 0.3 is 12.4 Å². The van der Waals surface area contributed by atoms with Gasteiger partial charge in [0.1, 0.15) is 28.7 Å². The molecule has 0 aliphatic carbocycles. The van der Waals surface area contributed by atoms with Gasteiger partial charge in [-0.2, -0.15) is 31.4 Å². The lowest BCUT2D eigenvalue weighted by molar-refractivity contribution is -0.142. The van der Waals surface area contributed by atoms with Crippen LogP contribution in [0.4, 0.5) is 40.9 Å². The highest BCUT2D eigenvalue weighted by Crippen LogP contribution is 2.42. The van der Waals surface area contributed by atoms with Crippen molar-refractivity contribution >= 4 is 11.7 Å². The summed E-state index contributed by atoms with van der Waals surface area (Å²) in [5.74, 6) is -3.96. The smallest absolute Gasteiger partial charge is 0.306 e. The zero-order valence-corrected chi connectivity index (χ0v) is 14.3. The number of pyridine rings is 1. The average molecular weight is 436 g/mol. The number of hydrogen-bond acceptors (Lipinski definition) is 3. The van der Waals surface area contributed by atoms with Crippen molar-refractivity contribution in [3.05, 3.63) is 65.1 Å². The predicted molar refractivity (Wildman–Crippen MR) is 86.1 cm³/mol. The third-order valence-electron chi connectivity index (χ3n) is 3.80. The number of carbonyl (C=O) groups excluding carboxylic acids is 1. The van der Waals surface area contributed by atoms with Crippen LogP contribution < -0.4 is 5.32 Å². The van der Waals surface area contributed by atoms with E-state index in [0.717, 1.165) is 30.3 Å². The Hall–Kier alpha value is -3.51. The Kier molecular flexibility index (Phi) is 5.22. The van der Waals surface area contributed by atoms with Crippen LogP contribution in [-0.2, 0) is 12.4 Å². The number of benzene rings is 1. The van der Waals surface area contributed by atoms with Gasteiger partial charge < -0.3 is 5.32 Å². The molecule has 0 spiro atoms. The lowest BCUT2D eigenvalue weighted by atomic mass is 10.0. The Bertz CT molecular complexity index is 1030. The van der Waals surface area contributed by atoms with Crippen molar-refractivity contribution in [2.75, 3.05) is 5.32 Å². The van der Waals surface area contributed by atoms with Crippen LogP contribution in [0.25, 0.3) is 11.1 Å². The third kappa shape index (κ3) is 4.09. The molecule has 0 fully saturated rings. The molecule has 0 aliphatic rings. The first-order valence-electron chi connectivity index (χ1n) is 7.84. The molecule has 0 bridgehead atoms. The highest BCUT2D eigenvalue weighted by Gasteiger charge is 2.45. The summed E-state index contributed by atoms with van der Waals surface area (Å²) in [5, 5.41) is 6.04. The SMILES string of the molecule is O=C(Nc1ccc(-c2c(C(F)(F)F)n[nH]c2C(F)(F)F)cn1)c1c(F)cccc1F. The molecule has 0 saturated heterocycles. The van der Waals surface area contributed by atoms with Crippen molar-refractivity contribution in [2.24, 2.45) is 0 Å². The highest BCUT2D eigenvalue weighted by atomic mass is 19.4. The zero-order valence-electron chi connectivity index (χ0n) is 14.3. The first-order chi connectivity index (χ1) is 13.9. The highest BCUT2D eigenvalue weighted by molar-refractivity contribution is 6.04. The van der Waals surface area contributed by atoms with Gasteiger partial charge in [-0.05, 0) is 24.3 Å². The number of H-pyrrole nitrogens is 1. The number of hydrogen-bond donors (Lipinski definition) is 2. The molecule has 0 atom stereocenters. The number of amides is 1. The quantitative estimate of drug-likeness (QED) is 0.566. The number of aromatic amines is 1. The Balaban J connectivity index is 1.95. The maximum absolute atomic E-state index is 13.6. The minimum absolute atomic E-state index is 0.364. The van der Waals surface area contributed by atoms with Crippen molar-refractivity contribution in [2.45, 2.75) is 12.4 Å². The lowest BCUT2D eigenvalue weighted by Crippen LogP contribution is -2.16. The van der Waals surface area contributed by atoms with E-state index in [1.807, 2.05) is 5.32 Å². The van der Waals surface area contributed by atoms with Crippen LogP contribution in [0.15, 0.2) is 36.5 Å². The molecule has 0 unspecified atom stereocenters. The molecule has 1 aromatic carbocycles. The molecular weight excluding hydrogens is 428 g/mol. The zero-order chi connectivity index (χ0) is 22.3. The first-order valence-corrected chi connectivity index (χ1v) is 7.84. The van der Waals surface area contributed by atoms with Gasteiger partial charge in [0.25, 0.3) is 5.91 Å². The third-order valence-corrected chi connectivity index (χ3v) is 3.80. The molecular formula is C17H8F8N4O. The van der Waals surface area contributed by atoms with E-state index in [4.69, 9.17) is 0 Å². The number of nitrogens with one attached hydrogen (secondary N) is 2. The molecule has 3 rings (SSSR count). The molecule has 13 heteroatoms. The number of rotatable bonds is 3. The normalized spacial score (nSPS) is 12.1. The molecule has 2 aromatic heterocycles. The van der Waals surface area contributed by atoms with Gasteiger partial charge in [0.2, 0.25) is 0 Å². The predicted octanol–water partition coefficient (Wildman–Crippen LogP) is 5.04. The van der Waals surface area contributed by atoms with Crippen molar-refractivity contribution < 1.29 is 39.9 Å². The largest absolute Gasteiger partial charge is 0.435 e. The van der Waals surface area contributed by atoms with E-state index in [-0.39, 0.29) is 5.82 Å². The minimum atomic E-state index is -5.19. The summed E-state index contributed by atoms with van der Waals surface area (Å²) < 4.78 is 106. The molecule has 0 aliphatic heterocycles. The molecule has 30 heavy (non-hydrogen) atoms. The summed E-state index contributed by atoms with van der Waals surface area (Å²) in [6, 6.07) is 4.36. The van der Waals surface area contributed by atoms with Crippen molar-refractivity contribution in [3.63, 3.8) is 0 Å². The molecule has 0 radical (unpaired) electrons. The van der Waals surface area contributed by atoms with E-state index in [1.165, 1.54) is 5.10 Å². The molecule has 158 valence electrons. The summed E-state index contributed by atoms with van der Waals surface area (Å²) in [6.45, 7) is 0. The van der Waals surface area contributed by atoms with Crippen LogP contribution >= 0.6 is 0 Å². The molecule has 3 aromatic rings. The molecule has 0 saturated carbocycles. The van der Waals surface area contributed by atoms with Crippen LogP contribution in [0.1, 0.15) is 21.7 Å². The summed E-state index contributed by atoms with van der Waals surface area (Å²) in [7, 11) is 0. The number of anilines is 1. The van der Waals surface area contributed by atoms with Gasteiger partial charge in [0.05, 0.1) is 0 Å². The molecule has 2 heterocycles. The monoisotopic (exact) mass is 436 g/mol. The second kappa shape index (κ2) is 7.39. The van der Waals surface area contributed by atoms with Crippen LogP contribution in [0.3, 0.4) is 0 Å². The summed E-state index contributed by atoms with van der Waals surface area (Å²) in [4.78, 5) is 15.5. The standard InChI is InChI=1S/C17H8F8N4O/c18-8-2-1-3-9(19)12(8)15(30)27-10-5-4-7(6-26-10)11-13(16(20,21)22)28-29-14(11)17(23,24)25/h1-6H,(H,28,29)(H,26,27,30). The van der Waals surface area contributed by atoms with E-state index in [0.29, 0.717) is 6.20 Å². The van der Waals surface area contributed by atoms with E-state index >= 15 is 0 Å². The summed E-state index contributed by atoms with van der Waals surface area (Å²) in [6.07, 6.45) is -9.73.